The first kappa shape index (κ1) is 30.8. The number of benzene rings is 4. The Labute approximate surface area is 258 Å². The molecule has 0 aliphatic carbocycles. The minimum Gasteiger partial charge on any atom is -0.495 e. The molecule has 228 valence electrons. The number of carbonyl (C=O) groups excluding carboxylic acids is 2. The maximum Gasteiger partial charge on any atom is 0.253 e. The van der Waals surface area contributed by atoms with E-state index in [0.29, 0.717) is 47.5 Å². The van der Waals surface area contributed by atoms with Gasteiger partial charge in [-0.2, -0.15) is 0 Å². The maximum absolute atomic E-state index is 13.7. The van der Waals surface area contributed by atoms with Crippen LogP contribution in [0.5, 0.6) is 11.5 Å². The van der Waals surface area contributed by atoms with Crippen LogP contribution in [0.3, 0.4) is 0 Å². The Bertz CT molecular complexity index is 1800. The Balaban J connectivity index is 1.31. The third-order valence-corrected chi connectivity index (χ3v) is 9.31. The van der Waals surface area contributed by atoms with Crippen LogP contribution >= 0.6 is 0 Å². The van der Waals surface area contributed by atoms with Crippen LogP contribution in [0.25, 0.3) is 11.1 Å². The molecule has 1 aliphatic rings. The molecule has 4 aromatic rings. The summed E-state index contributed by atoms with van der Waals surface area (Å²) in [6.45, 7) is 3.01. The second kappa shape index (κ2) is 12.9. The summed E-state index contributed by atoms with van der Waals surface area (Å²) in [6, 6.07) is 26.7. The first-order chi connectivity index (χ1) is 21.0. The van der Waals surface area contributed by atoms with Gasteiger partial charge in [0.05, 0.1) is 19.4 Å². The van der Waals surface area contributed by atoms with Gasteiger partial charge >= 0.3 is 0 Å². The molecular formula is C35H36N2O6S. The van der Waals surface area contributed by atoms with E-state index in [2.05, 4.69) is 0 Å². The van der Waals surface area contributed by atoms with E-state index in [1.807, 2.05) is 37.3 Å². The molecule has 1 fully saturated rings. The van der Waals surface area contributed by atoms with Crippen LogP contribution in [0.1, 0.15) is 38.3 Å². The molecule has 0 radical (unpaired) electrons. The van der Waals surface area contributed by atoms with Gasteiger partial charge in [0.2, 0.25) is 0 Å². The van der Waals surface area contributed by atoms with Gasteiger partial charge in [-0.05, 0) is 72.1 Å². The van der Waals surface area contributed by atoms with Gasteiger partial charge in [-0.3, -0.25) is 9.59 Å². The first-order valence-electron chi connectivity index (χ1n) is 14.4. The number of likely N-dealkylation sites (tertiary alicyclic amines) is 1. The lowest BCUT2D eigenvalue weighted by Gasteiger charge is -2.18. The Morgan fingerprint density at radius 3 is 2.36 bits per heavy atom. The lowest BCUT2D eigenvalue weighted by atomic mass is 10.0. The maximum atomic E-state index is 13.7. The summed E-state index contributed by atoms with van der Waals surface area (Å²) in [5.41, 5.74) is 4.14. The van der Waals surface area contributed by atoms with Crippen molar-refractivity contribution in [2.24, 2.45) is 0 Å². The summed E-state index contributed by atoms with van der Waals surface area (Å²) in [4.78, 5) is 28.8. The van der Waals surface area contributed by atoms with E-state index in [0.717, 1.165) is 11.1 Å². The fourth-order valence-corrected chi connectivity index (χ4v) is 6.90. The van der Waals surface area contributed by atoms with Gasteiger partial charge in [-0.25, -0.2) is 8.42 Å². The Morgan fingerprint density at radius 2 is 1.61 bits per heavy atom. The van der Waals surface area contributed by atoms with Crippen LogP contribution in [0.15, 0.2) is 95.9 Å². The van der Waals surface area contributed by atoms with Gasteiger partial charge < -0.3 is 19.3 Å². The van der Waals surface area contributed by atoms with Crippen LogP contribution in [0.2, 0.25) is 0 Å². The molecule has 1 atom stereocenters. The number of nitrogens with zero attached hydrogens (tertiary/aromatic N) is 2. The number of amides is 2. The lowest BCUT2D eigenvalue weighted by molar-refractivity contribution is 0.0771. The van der Waals surface area contributed by atoms with Crippen LogP contribution in [-0.2, 0) is 15.6 Å². The van der Waals surface area contributed by atoms with Crippen molar-refractivity contribution in [3.8, 4) is 22.6 Å². The van der Waals surface area contributed by atoms with Gasteiger partial charge in [0.1, 0.15) is 22.5 Å². The van der Waals surface area contributed by atoms with Gasteiger partial charge in [0, 0.05) is 38.2 Å². The number of hydrogen-bond acceptors (Lipinski definition) is 6. The number of aryl methyl sites for hydroxylation is 1. The second-order valence-electron chi connectivity index (χ2n) is 11.2. The average Bonchev–Trinajstić information content (AvgIpc) is 3.48. The van der Waals surface area contributed by atoms with Gasteiger partial charge in [0.15, 0.2) is 9.84 Å². The van der Waals surface area contributed by atoms with E-state index < -0.39 is 9.84 Å². The zero-order valence-electron chi connectivity index (χ0n) is 25.3. The summed E-state index contributed by atoms with van der Waals surface area (Å²) < 4.78 is 39.1. The monoisotopic (exact) mass is 612 g/mol. The molecule has 0 N–H and O–H groups in total. The molecule has 1 aliphatic heterocycles. The molecular weight excluding hydrogens is 576 g/mol. The quantitative estimate of drug-likeness (QED) is 0.243. The number of sulfone groups is 1. The fourth-order valence-electron chi connectivity index (χ4n) is 5.36. The zero-order valence-corrected chi connectivity index (χ0v) is 26.1. The van der Waals surface area contributed by atoms with Crippen molar-refractivity contribution in [3.63, 3.8) is 0 Å². The molecule has 1 unspecified atom stereocenters. The highest BCUT2D eigenvalue weighted by Crippen LogP contribution is 2.33. The third kappa shape index (κ3) is 6.94. The first-order valence-corrected chi connectivity index (χ1v) is 16.0. The Morgan fingerprint density at radius 1 is 0.886 bits per heavy atom. The van der Waals surface area contributed by atoms with Crippen LogP contribution < -0.4 is 9.47 Å². The minimum absolute atomic E-state index is 0.0214. The van der Waals surface area contributed by atoms with Gasteiger partial charge in [-0.15, -0.1) is 0 Å². The van der Waals surface area contributed by atoms with E-state index in [1.54, 1.807) is 79.7 Å². The van der Waals surface area contributed by atoms with Crippen molar-refractivity contribution in [1.82, 2.24) is 9.80 Å². The van der Waals surface area contributed by atoms with Crippen molar-refractivity contribution in [1.29, 1.82) is 0 Å². The standard InChI is InChI=1S/C35H36N2O6S/c1-24-8-5-11-28(18-24)35(39)37-17-16-31(22-37)43-30-13-6-9-25(19-30)23-44(40,41)33-21-27(14-15-32(33)42-4)26-10-7-12-29(20-26)34(38)36(2)3/h5-15,18-21,31H,16-17,22-23H2,1-4H3. The topological polar surface area (TPSA) is 93.2 Å². The van der Waals surface area contributed by atoms with Crippen molar-refractivity contribution >= 4 is 21.7 Å². The number of rotatable bonds is 9. The molecule has 1 heterocycles. The average molecular weight is 613 g/mol. The summed E-state index contributed by atoms with van der Waals surface area (Å²) >= 11 is 0. The Hall–Kier alpha value is -4.63. The predicted molar refractivity (Wildman–Crippen MR) is 170 cm³/mol. The highest BCUT2D eigenvalue weighted by Gasteiger charge is 2.29. The molecule has 9 heteroatoms. The molecule has 44 heavy (non-hydrogen) atoms. The van der Waals surface area contributed by atoms with E-state index in [4.69, 9.17) is 9.47 Å². The summed E-state index contributed by atoms with van der Waals surface area (Å²) in [6.07, 6.45) is 0.494. The van der Waals surface area contributed by atoms with Crippen LogP contribution in [0, 0.1) is 6.92 Å². The normalized spacial score (nSPS) is 14.7. The predicted octanol–water partition coefficient (Wildman–Crippen LogP) is 5.64. The van der Waals surface area contributed by atoms with E-state index >= 15 is 0 Å². The number of carbonyl (C=O) groups is 2. The smallest absolute Gasteiger partial charge is 0.253 e. The van der Waals surface area contributed by atoms with E-state index in [-0.39, 0.29) is 34.3 Å². The fraction of sp³-hybridized carbons (Fsp3) is 0.257. The van der Waals surface area contributed by atoms with Crippen LogP contribution in [0.4, 0.5) is 0 Å². The molecule has 1 saturated heterocycles. The zero-order chi connectivity index (χ0) is 31.4. The molecule has 5 rings (SSSR count). The number of methoxy groups -OCH3 is 1. The van der Waals surface area contributed by atoms with Gasteiger partial charge in [0.25, 0.3) is 11.8 Å². The van der Waals surface area contributed by atoms with Crippen molar-refractivity contribution in [2.45, 2.75) is 30.1 Å². The Kier molecular flexibility index (Phi) is 9.06. The van der Waals surface area contributed by atoms with E-state index in [1.165, 1.54) is 12.0 Å². The van der Waals surface area contributed by atoms with Crippen molar-refractivity contribution < 1.29 is 27.5 Å². The largest absolute Gasteiger partial charge is 0.495 e. The van der Waals surface area contributed by atoms with Gasteiger partial charge in [-0.1, -0.05) is 48.0 Å². The minimum atomic E-state index is -3.83. The van der Waals surface area contributed by atoms with Crippen LogP contribution in [-0.4, -0.2) is 70.4 Å². The highest BCUT2D eigenvalue weighted by atomic mass is 32.2. The van der Waals surface area contributed by atoms with E-state index in [9.17, 15) is 18.0 Å². The number of ether oxygens (including phenoxy) is 2. The summed E-state index contributed by atoms with van der Waals surface area (Å²) in [7, 11) is 0.972. The third-order valence-electron chi connectivity index (χ3n) is 7.60. The molecule has 2 amide bonds. The molecule has 4 aromatic carbocycles. The molecule has 8 nitrogen and oxygen atoms in total. The number of hydrogen-bond donors (Lipinski definition) is 0. The highest BCUT2D eigenvalue weighted by molar-refractivity contribution is 7.90. The molecule has 0 saturated carbocycles. The van der Waals surface area contributed by atoms with Crippen molar-refractivity contribution in [2.75, 3.05) is 34.3 Å². The summed E-state index contributed by atoms with van der Waals surface area (Å²) in [5.74, 6) is 0.373. The van der Waals surface area contributed by atoms with Crippen molar-refractivity contribution in [3.05, 3.63) is 113 Å². The molecule has 0 spiro atoms. The lowest BCUT2D eigenvalue weighted by Crippen LogP contribution is -2.31. The SMILES string of the molecule is COc1ccc(-c2cccc(C(=O)N(C)C)c2)cc1S(=O)(=O)Cc1cccc(OC2CCN(C(=O)c3cccc(C)c3)C2)c1. The summed E-state index contributed by atoms with van der Waals surface area (Å²) in [5, 5.41) is 0. The molecule has 0 aromatic heterocycles. The molecule has 0 bridgehead atoms. The second-order valence-corrected chi connectivity index (χ2v) is 13.2.